The molecule has 0 atom stereocenters. The third-order valence-electron chi connectivity index (χ3n) is 2.53. The van der Waals surface area contributed by atoms with Gasteiger partial charge in [-0.05, 0) is 37.1 Å². The molecule has 4 heteroatoms. The Morgan fingerprint density at radius 2 is 2.18 bits per heavy atom. The van der Waals surface area contributed by atoms with Crippen LogP contribution in [0.25, 0.3) is 0 Å². The van der Waals surface area contributed by atoms with Crippen LogP contribution in [-0.4, -0.2) is 29.1 Å². The highest BCUT2D eigenvalue weighted by Gasteiger charge is 2.09. The summed E-state index contributed by atoms with van der Waals surface area (Å²) < 4.78 is 1.08. The molecule has 0 aliphatic carbocycles. The van der Waals surface area contributed by atoms with Gasteiger partial charge in [0.25, 0.3) is 0 Å². The number of carboxylic acid groups (broad SMARTS) is 1. The average Bonchev–Trinajstić information content (AvgIpc) is 2.23. The van der Waals surface area contributed by atoms with Crippen LogP contribution in [0.15, 0.2) is 22.7 Å². The summed E-state index contributed by atoms with van der Waals surface area (Å²) >= 11 is 3.46. The van der Waals surface area contributed by atoms with Crippen LogP contribution in [-0.2, 0) is 11.3 Å². The van der Waals surface area contributed by atoms with Crippen LogP contribution in [0.1, 0.15) is 24.5 Å². The van der Waals surface area contributed by atoms with E-state index in [1.165, 1.54) is 5.56 Å². The van der Waals surface area contributed by atoms with Gasteiger partial charge in [0.1, 0.15) is 0 Å². The van der Waals surface area contributed by atoms with Crippen molar-refractivity contribution in [3.63, 3.8) is 0 Å². The van der Waals surface area contributed by atoms with Gasteiger partial charge in [0.05, 0.1) is 6.54 Å². The van der Waals surface area contributed by atoms with Gasteiger partial charge in [0.2, 0.25) is 0 Å². The maximum absolute atomic E-state index is 10.7. The molecule has 0 aliphatic rings. The van der Waals surface area contributed by atoms with Crippen molar-refractivity contribution in [1.82, 2.24) is 4.90 Å². The maximum Gasteiger partial charge on any atom is 0.317 e. The van der Waals surface area contributed by atoms with Gasteiger partial charge in [-0.25, -0.2) is 0 Å². The van der Waals surface area contributed by atoms with Crippen LogP contribution in [0.4, 0.5) is 0 Å². The van der Waals surface area contributed by atoms with E-state index in [-0.39, 0.29) is 6.54 Å². The SMILES string of the molecule is CCCN(CC(=O)O)Cc1ccc(Br)c(C)c1. The molecule has 0 heterocycles. The van der Waals surface area contributed by atoms with Gasteiger partial charge in [0.15, 0.2) is 0 Å². The van der Waals surface area contributed by atoms with Crippen LogP contribution in [0.3, 0.4) is 0 Å². The molecule has 0 bridgehead atoms. The first-order valence-electron chi connectivity index (χ1n) is 5.72. The van der Waals surface area contributed by atoms with E-state index in [0.717, 1.165) is 23.0 Å². The van der Waals surface area contributed by atoms with Gasteiger partial charge in [-0.2, -0.15) is 0 Å². The summed E-state index contributed by atoms with van der Waals surface area (Å²) in [4.78, 5) is 12.7. The Kier molecular flexibility index (Phi) is 5.65. The maximum atomic E-state index is 10.7. The van der Waals surface area contributed by atoms with Crippen molar-refractivity contribution < 1.29 is 9.90 Å². The lowest BCUT2D eigenvalue weighted by atomic mass is 10.1. The van der Waals surface area contributed by atoms with Crippen LogP contribution in [0.5, 0.6) is 0 Å². The minimum atomic E-state index is -0.771. The minimum Gasteiger partial charge on any atom is -0.480 e. The van der Waals surface area contributed by atoms with Crippen molar-refractivity contribution in [1.29, 1.82) is 0 Å². The minimum absolute atomic E-state index is 0.100. The van der Waals surface area contributed by atoms with E-state index >= 15 is 0 Å². The number of carboxylic acids is 1. The van der Waals surface area contributed by atoms with E-state index in [1.807, 2.05) is 24.0 Å². The van der Waals surface area contributed by atoms with E-state index in [1.54, 1.807) is 0 Å². The highest BCUT2D eigenvalue weighted by Crippen LogP contribution is 2.18. The molecule has 3 nitrogen and oxygen atoms in total. The molecule has 0 aromatic heterocycles. The number of nitrogens with zero attached hydrogens (tertiary/aromatic N) is 1. The molecule has 0 fully saturated rings. The van der Waals surface area contributed by atoms with E-state index in [2.05, 4.69) is 28.9 Å². The van der Waals surface area contributed by atoms with E-state index in [4.69, 9.17) is 5.11 Å². The number of hydrogen-bond acceptors (Lipinski definition) is 2. The Bertz CT molecular complexity index is 393. The van der Waals surface area contributed by atoms with Gasteiger partial charge >= 0.3 is 5.97 Å². The summed E-state index contributed by atoms with van der Waals surface area (Å²) in [5.74, 6) is -0.771. The topological polar surface area (TPSA) is 40.5 Å². The van der Waals surface area contributed by atoms with Crippen LogP contribution < -0.4 is 0 Å². The molecule has 94 valence electrons. The molecule has 0 saturated carbocycles. The van der Waals surface area contributed by atoms with Gasteiger partial charge < -0.3 is 5.11 Å². The Balaban J connectivity index is 2.71. The normalized spacial score (nSPS) is 10.8. The fourth-order valence-electron chi connectivity index (χ4n) is 1.78. The second kappa shape index (κ2) is 6.77. The van der Waals surface area contributed by atoms with Crippen molar-refractivity contribution in [2.24, 2.45) is 0 Å². The first-order chi connectivity index (χ1) is 8.02. The molecule has 0 spiro atoms. The number of halogens is 1. The summed E-state index contributed by atoms with van der Waals surface area (Å²) in [7, 11) is 0. The quantitative estimate of drug-likeness (QED) is 0.878. The van der Waals surface area contributed by atoms with Gasteiger partial charge in [-0.1, -0.05) is 35.0 Å². The second-order valence-electron chi connectivity index (χ2n) is 4.19. The number of rotatable bonds is 6. The van der Waals surface area contributed by atoms with Crippen molar-refractivity contribution in [3.8, 4) is 0 Å². The first-order valence-corrected chi connectivity index (χ1v) is 6.51. The Morgan fingerprint density at radius 1 is 1.47 bits per heavy atom. The Labute approximate surface area is 111 Å². The summed E-state index contributed by atoms with van der Waals surface area (Å²) in [5.41, 5.74) is 2.33. The Hall–Kier alpha value is -0.870. The zero-order valence-corrected chi connectivity index (χ0v) is 11.8. The molecular weight excluding hydrogens is 282 g/mol. The summed E-state index contributed by atoms with van der Waals surface area (Å²) in [6.45, 7) is 5.69. The van der Waals surface area contributed by atoms with E-state index in [9.17, 15) is 4.79 Å². The lowest BCUT2D eigenvalue weighted by Crippen LogP contribution is -2.30. The standard InChI is InChI=1S/C13H18BrNO2/c1-3-6-15(9-13(16)17)8-11-4-5-12(14)10(2)7-11/h4-5,7H,3,6,8-9H2,1-2H3,(H,16,17). The van der Waals surface area contributed by atoms with Crippen LogP contribution >= 0.6 is 15.9 Å². The summed E-state index contributed by atoms with van der Waals surface area (Å²) in [6.07, 6.45) is 0.961. The summed E-state index contributed by atoms with van der Waals surface area (Å²) in [6, 6.07) is 6.13. The first kappa shape index (κ1) is 14.2. The number of aliphatic carboxylic acids is 1. The van der Waals surface area contributed by atoms with Gasteiger partial charge in [-0.15, -0.1) is 0 Å². The lowest BCUT2D eigenvalue weighted by Gasteiger charge is -2.19. The van der Waals surface area contributed by atoms with Crippen LogP contribution in [0.2, 0.25) is 0 Å². The van der Waals surface area contributed by atoms with Crippen molar-refractivity contribution in [2.75, 3.05) is 13.1 Å². The zero-order valence-electron chi connectivity index (χ0n) is 10.2. The number of aryl methyl sites for hydroxylation is 1. The number of carbonyl (C=O) groups is 1. The number of benzene rings is 1. The third-order valence-corrected chi connectivity index (χ3v) is 3.42. The molecule has 1 aromatic carbocycles. The molecule has 1 N–H and O–H groups in total. The molecule has 0 radical (unpaired) electrons. The van der Waals surface area contributed by atoms with E-state index in [0.29, 0.717) is 6.54 Å². The molecule has 0 aliphatic heterocycles. The molecular formula is C13H18BrNO2. The largest absolute Gasteiger partial charge is 0.480 e. The predicted octanol–water partition coefficient (Wildman–Crippen LogP) is 3.05. The zero-order chi connectivity index (χ0) is 12.8. The number of hydrogen-bond donors (Lipinski definition) is 1. The molecule has 1 rings (SSSR count). The predicted molar refractivity (Wildman–Crippen MR) is 72.1 cm³/mol. The highest BCUT2D eigenvalue weighted by molar-refractivity contribution is 9.10. The van der Waals surface area contributed by atoms with Crippen molar-refractivity contribution in [3.05, 3.63) is 33.8 Å². The van der Waals surface area contributed by atoms with Crippen molar-refractivity contribution in [2.45, 2.75) is 26.8 Å². The molecule has 0 saturated heterocycles. The monoisotopic (exact) mass is 299 g/mol. The lowest BCUT2D eigenvalue weighted by molar-refractivity contribution is -0.138. The molecule has 1 aromatic rings. The smallest absolute Gasteiger partial charge is 0.317 e. The highest BCUT2D eigenvalue weighted by atomic mass is 79.9. The second-order valence-corrected chi connectivity index (χ2v) is 5.04. The molecule has 0 unspecified atom stereocenters. The van der Waals surface area contributed by atoms with Crippen LogP contribution in [0, 0.1) is 6.92 Å². The fraction of sp³-hybridized carbons (Fsp3) is 0.462. The average molecular weight is 300 g/mol. The molecule has 17 heavy (non-hydrogen) atoms. The molecule has 0 amide bonds. The summed E-state index contributed by atoms with van der Waals surface area (Å²) in [5, 5.41) is 8.84. The van der Waals surface area contributed by atoms with E-state index < -0.39 is 5.97 Å². The Morgan fingerprint density at radius 3 is 2.71 bits per heavy atom. The van der Waals surface area contributed by atoms with Gasteiger partial charge in [-0.3, -0.25) is 9.69 Å². The van der Waals surface area contributed by atoms with Crippen molar-refractivity contribution >= 4 is 21.9 Å². The fourth-order valence-corrected chi connectivity index (χ4v) is 2.03. The third kappa shape index (κ3) is 4.88. The van der Waals surface area contributed by atoms with Gasteiger partial charge in [0, 0.05) is 11.0 Å².